The van der Waals surface area contributed by atoms with E-state index in [-0.39, 0.29) is 30.1 Å². The molecule has 6 heteroatoms. The van der Waals surface area contributed by atoms with Crippen LogP contribution in [0.25, 0.3) is 0 Å². The highest BCUT2D eigenvalue weighted by Crippen LogP contribution is 2.34. The number of nitrogens with zero attached hydrogens (tertiary/aromatic N) is 1. The molecule has 0 spiro atoms. The fraction of sp³-hybridized carbons (Fsp3) is 0.529. The highest BCUT2D eigenvalue weighted by Gasteiger charge is 2.34. The van der Waals surface area contributed by atoms with Gasteiger partial charge >= 0.3 is 0 Å². The van der Waals surface area contributed by atoms with E-state index in [1.807, 2.05) is 30.0 Å². The van der Waals surface area contributed by atoms with E-state index in [1.165, 1.54) is 6.92 Å². The number of halogens is 1. The van der Waals surface area contributed by atoms with Gasteiger partial charge in [-0.05, 0) is 49.5 Å². The van der Waals surface area contributed by atoms with Gasteiger partial charge in [0.2, 0.25) is 11.8 Å². The van der Waals surface area contributed by atoms with E-state index < -0.39 is 0 Å². The van der Waals surface area contributed by atoms with Crippen LogP contribution in [0, 0.1) is 11.8 Å². The molecule has 5 nitrogen and oxygen atoms in total. The van der Waals surface area contributed by atoms with Crippen LogP contribution < -0.4 is 15.5 Å². The molecule has 1 fully saturated rings. The van der Waals surface area contributed by atoms with Gasteiger partial charge in [-0.2, -0.15) is 0 Å². The van der Waals surface area contributed by atoms with Crippen LogP contribution in [-0.2, 0) is 16.0 Å². The summed E-state index contributed by atoms with van der Waals surface area (Å²) < 4.78 is 0. The van der Waals surface area contributed by atoms with Crippen molar-refractivity contribution in [2.75, 3.05) is 29.9 Å². The maximum absolute atomic E-state index is 12.8. The maximum atomic E-state index is 12.8. The van der Waals surface area contributed by atoms with E-state index in [2.05, 4.69) is 10.6 Å². The van der Waals surface area contributed by atoms with Gasteiger partial charge in [0.25, 0.3) is 0 Å². The third-order valence-electron chi connectivity index (χ3n) is 4.74. The second-order valence-corrected chi connectivity index (χ2v) is 6.28. The first-order valence-electron chi connectivity index (χ1n) is 7.99. The van der Waals surface area contributed by atoms with E-state index in [0.29, 0.717) is 5.92 Å². The van der Waals surface area contributed by atoms with Gasteiger partial charge in [-0.25, -0.2) is 0 Å². The predicted molar refractivity (Wildman–Crippen MR) is 94.2 cm³/mol. The lowest BCUT2D eigenvalue weighted by molar-refractivity contribution is -0.124. The number of rotatable bonds is 3. The van der Waals surface area contributed by atoms with Crippen molar-refractivity contribution in [3.8, 4) is 0 Å². The van der Waals surface area contributed by atoms with Crippen LogP contribution in [0.2, 0.25) is 0 Å². The van der Waals surface area contributed by atoms with E-state index >= 15 is 0 Å². The summed E-state index contributed by atoms with van der Waals surface area (Å²) in [6.45, 7) is 6.16. The largest absolute Gasteiger partial charge is 0.326 e. The Hall–Kier alpha value is -1.59. The molecule has 0 saturated carbocycles. The van der Waals surface area contributed by atoms with Crippen LogP contribution in [0.1, 0.15) is 25.8 Å². The average Bonchev–Trinajstić information content (AvgIpc) is 2.44. The Labute approximate surface area is 143 Å². The molecule has 0 aliphatic carbocycles. The number of hydrogen-bond donors (Lipinski definition) is 2. The minimum Gasteiger partial charge on any atom is -0.326 e. The summed E-state index contributed by atoms with van der Waals surface area (Å²) in [7, 11) is 0. The molecule has 2 aliphatic rings. The van der Waals surface area contributed by atoms with Gasteiger partial charge < -0.3 is 15.5 Å². The third kappa shape index (κ3) is 3.51. The first-order chi connectivity index (χ1) is 10.6. The molecule has 23 heavy (non-hydrogen) atoms. The van der Waals surface area contributed by atoms with Crippen LogP contribution in [0.3, 0.4) is 0 Å². The second kappa shape index (κ2) is 7.32. The fourth-order valence-corrected chi connectivity index (χ4v) is 3.27. The zero-order chi connectivity index (χ0) is 15.7. The quantitative estimate of drug-likeness (QED) is 0.889. The van der Waals surface area contributed by atoms with E-state index in [4.69, 9.17) is 0 Å². The van der Waals surface area contributed by atoms with Gasteiger partial charge in [0, 0.05) is 30.8 Å². The SMILES string of the molecule is CC(=O)Nc1cccc2c1CCCN2C(=O)C(C)C1CNC1.Cl. The number of benzene rings is 1. The molecular formula is C17H24ClN3O2. The molecule has 1 atom stereocenters. The van der Waals surface area contributed by atoms with E-state index in [9.17, 15) is 9.59 Å². The van der Waals surface area contributed by atoms with Crippen molar-refractivity contribution in [1.82, 2.24) is 5.32 Å². The van der Waals surface area contributed by atoms with Crippen LogP contribution in [0.4, 0.5) is 11.4 Å². The topological polar surface area (TPSA) is 61.4 Å². The first-order valence-corrected chi connectivity index (χ1v) is 7.99. The van der Waals surface area contributed by atoms with Gasteiger partial charge in [-0.1, -0.05) is 13.0 Å². The summed E-state index contributed by atoms with van der Waals surface area (Å²) in [5.41, 5.74) is 2.87. The molecule has 1 saturated heterocycles. The van der Waals surface area contributed by atoms with Crippen LogP contribution in [-0.4, -0.2) is 31.4 Å². The molecule has 0 bridgehead atoms. The standard InChI is InChI=1S/C17H23N3O2.ClH/c1-11(13-9-18-10-13)17(22)20-8-4-5-14-15(19-12(2)21)6-3-7-16(14)20;/h3,6-7,11,13,18H,4-5,8-10H2,1-2H3,(H,19,21);1H. The molecular weight excluding hydrogens is 314 g/mol. The molecule has 1 unspecified atom stereocenters. The summed E-state index contributed by atoms with van der Waals surface area (Å²) in [5, 5.41) is 6.11. The zero-order valence-electron chi connectivity index (χ0n) is 13.6. The highest BCUT2D eigenvalue weighted by molar-refractivity contribution is 5.98. The number of nitrogens with one attached hydrogen (secondary N) is 2. The number of hydrogen-bond acceptors (Lipinski definition) is 3. The van der Waals surface area contributed by atoms with Crippen LogP contribution in [0.15, 0.2) is 18.2 Å². The van der Waals surface area contributed by atoms with Crippen LogP contribution >= 0.6 is 12.4 Å². The molecule has 1 aromatic rings. The van der Waals surface area contributed by atoms with Gasteiger partial charge in [-0.3, -0.25) is 9.59 Å². The third-order valence-corrected chi connectivity index (χ3v) is 4.74. The number of carbonyl (C=O) groups excluding carboxylic acids is 2. The van der Waals surface area contributed by atoms with Gasteiger partial charge in [-0.15, -0.1) is 12.4 Å². The Balaban J connectivity index is 0.00000192. The van der Waals surface area contributed by atoms with Crippen molar-refractivity contribution in [3.63, 3.8) is 0 Å². The molecule has 2 aliphatic heterocycles. The number of carbonyl (C=O) groups is 2. The lowest BCUT2D eigenvalue weighted by Gasteiger charge is -2.37. The summed E-state index contributed by atoms with van der Waals surface area (Å²) in [6, 6.07) is 5.81. The number of amides is 2. The maximum Gasteiger partial charge on any atom is 0.230 e. The normalized spacial score (nSPS) is 18.3. The minimum atomic E-state index is -0.0780. The summed E-state index contributed by atoms with van der Waals surface area (Å²) in [6.07, 6.45) is 1.83. The lowest BCUT2D eigenvalue weighted by Crippen LogP contribution is -2.51. The Kier molecular flexibility index (Phi) is 5.65. The highest BCUT2D eigenvalue weighted by atomic mass is 35.5. The molecule has 0 aromatic heterocycles. The Morgan fingerprint density at radius 2 is 2.09 bits per heavy atom. The fourth-order valence-electron chi connectivity index (χ4n) is 3.27. The monoisotopic (exact) mass is 337 g/mol. The molecule has 2 heterocycles. The Morgan fingerprint density at radius 1 is 1.35 bits per heavy atom. The average molecular weight is 338 g/mol. The molecule has 1 aromatic carbocycles. The Morgan fingerprint density at radius 3 is 2.70 bits per heavy atom. The number of anilines is 2. The Bertz CT molecular complexity index is 602. The molecule has 0 radical (unpaired) electrons. The van der Waals surface area contributed by atoms with Gasteiger partial charge in [0.15, 0.2) is 0 Å². The second-order valence-electron chi connectivity index (χ2n) is 6.28. The first kappa shape index (κ1) is 17.8. The predicted octanol–water partition coefficient (Wildman–Crippen LogP) is 2.20. The van der Waals surface area contributed by atoms with E-state index in [0.717, 1.165) is 49.4 Å². The molecule has 3 rings (SSSR count). The lowest BCUT2D eigenvalue weighted by atomic mass is 9.87. The van der Waals surface area contributed by atoms with Crippen molar-refractivity contribution in [3.05, 3.63) is 23.8 Å². The van der Waals surface area contributed by atoms with Crippen molar-refractivity contribution in [2.45, 2.75) is 26.7 Å². The molecule has 126 valence electrons. The van der Waals surface area contributed by atoms with Crippen LogP contribution in [0.5, 0.6) is 0 Å². The summed E-state index contributed by atoms with van der Waals surface area (Å²) in [4.78, 5) is 26.1. The van der Waals surface area contributed by atoms with Gasteiger partial charge in [0.1, 0.15) is 0 Å². The van der Waals surface area contributed by atoms with Crippen molar-refractivity contribution in [1.29, 1.82) is 0 Å². The van der Waals surface area contributed by atoms with Crippen molar-refractivity contribution in [2.24, 2.45) is 11.8 Å². The van der Waals surface area contributed by atoms with E-state index in [1.54, 1.807) is 0 Å². The summed E-state index contributed by atoms with van der Waals surface area (Å²) in [5.74, 6) is 0.603. The molecule has 2 amide bonds. The number of fused-ring (bicyclic) bond motifs is 1. The molecule has 2 N–H and O–H groups in total. The van der Waals surface area contributed by atoms with Crippen molar-refractivity contribution < 1.29 is 9.59 Å². The van der Waals surface area contributed by atoms with Crippen molar-refractivity contribution >= 4 is 35.6 Å². The van der Waals surface area contributed by atoms with Gasteiger partial charge in [0.05, 0.1) is 0 Å². The summed E-state index contributed by atoms with van der Waals surface area (Å²) >= 11 is 0. The minimum absolute atomic E-state index is 0. The zero-order valence-corrected chi connectivity index (χ0v) is 14.4. The smallest absolute Gasteiger partial charge is 0.230 e.